The molecule has 0 saturated carbocycles. The van der Waals surface area contributed by atoms with Crippen LogP contribution in [0.1, 0.15) is 59.1 Å². The van der Waals surface area contributed by atoms with Gasteiger partial charge in [0, 0.05) is 0 Å². The minimum absolute atomic E-state index is 0.0411. The molecule has 0 aliphatic heterocycles. The van der Waals surface area contributed by atoms with Crippen molar-refractivity contribution in [3.05, 3.63) is 45.8 Å². The summed E-state index contributed by atoms with van der Waals surface area (Å²) in [7, 11) is -5.11. The van der Waals surface area contributed by atoms with Crippen molar-refractivity contribution in [1.82, 2.24) is 0 Å². The second-order valence-corrected chi connectivity index (χ2v) is 27.8. The van der Waals surface area contributed by atoms with E-state index in [1.165, 1.54) is 22.1 Å². The zero-order valence-electron chi connectivity index (χ0n) is 22.9. The van der Waals surface area contributed by atoms with Crippen LogP contribution in [0.25, 0.3) is 0 Å². The van der Waals surface area contributed by atoms with Crippen LogP contribution in [0.2, 0.25) is 52.4 Å². The summed E-state index contributed by atoms with van der Waals surface area (Å²) in [6.07, 6.45) is 5.98. The van der Waals surface area contributed by atoms with Crippen LogP contribution in [0.5, 0.6) is 5.75 Å². The lowest BCUT2D eigenvalue weighted by atomic mass is 9.80. The molecular weight excluding hydrogens is 425 g/mol. The lowest BCUT2D eigenvalue weighted by molar-refractivity contribution is 0.506. The summed E-state index contributed by atoms with van der Waals surface area (Å²) in [5.74, 6) is 1.21. The molecule has 2 rings (SSSR count). The highest BCUT2D eigenvalue weighted by atomic mass is 28.4. The maximum absolute atomic E-state index is 6.97. The Balaban J connectivity index is 2.95. The molecule has 0 bridgehead atoms. The van der Waals surface area contributed by atoms with Gasteiger partial charge in [0.25, 0.3) is 0 Å². The normalized spacial score (nSPS) is 16.3. The van der Waals surface area contributed by atoms with Gasteiger partial charge in [0.1, 0.15) is 13.8 Å². The number of benzene rings is 1. The second-order valence-electron chi connectivity index (χ2n) is 14.0. The highest BCUT2D eigenvalue weighted by Gasteiger charge is 2.40. The van der Waals surface area contributed by atoms with Crippen LogP contribution in [-0.4, -0.2) is 24.5 Å². The second kappa shape index (κ2) is 8.18. The van der Waals surface area contributed by atoms with Crippen molar-refractivity contribution in [3.63, 3.8) is 0 Å². The Bertz CT molecular complexity index is 893. The molecule has 0 amide bonds. The van der Waals surface area contributed by atoms with Crippen LogP contribution < -0.4 is 9.61 Å². The monoisotopic (exact) mass is 472 g/mol. The summed E-state index contributed by atoms with van der Waals surface area (Å²) < 4.78 is 6.97. The van der Waals surface area contributed by atoms with Gasteiger partial charge in [-0.3, -0.25) is 0 Å². The highest BCUT2D eigenvalue weighted by Crippen LogP contribution is 2.40. The lowest BCUT2D eigenvalue weighted by Crippen LogP contribution is -2.49. The Morgan fingerprint density at radius 1 is 0.774 bits per heavy atom. The van der Waals surface area contributed by atoms with Crippen molar-refractivity contribution in [2.24, 2.45) is 0 Å². The molecule has 0 N–H and O–H groups in total. The van der Waals surface area contributed by atoms with Crippen LogP contribution in [0.4, 0.5) is 0 Å². The number of hydrogen-bond acceptors (Lipinski definition) is 1. The van der Waals surface area contributed by atoms with Gasteiger partial charge in [-0.15, -0.1) is 0 Å². The molecule has 4 heteroatoms. The van der Waals surface area contributed by atoms with Gasteiger partial charge < -0.3 is 4.43 Å². The largest absolute Gasteiger partial charge is 0.544 e. The van der Waals surface area contributed by atoms with Gasteiger partial charge in [0.2, 0.25) is 8.32 Å². The van der Waals surface area contributed by atoms with Gasteiger partial charge in [0.05, 0.1) is 8.07 Å². The van der Waals surface area contributed by atoms with E-state index in [9.17, 15) is 0 Å². The Labute approximate surface area is 196 Å². The molecule has 0 atom stereocenters. The van der Waals surface area contributed by atoms with Crippen molar-refractivity contribution in [2.45, 2.75) is 111 Å². The van der Waals surface area contributed by atoms with Crippen molar-refractivity contribution in [2.75, 3.05) is 0 Å². The summed E-state index contributed by atoms with van der Waals surface area (Å²) in [6.45, 7) is 33.6. The van der Waals surface area contributed by atoms with E-state index in [0.717, 1.165) is 6.42 Å². The van der Waals surface area contributed by atoms with Crippen molar-refractivity contribution in [1.29, 1.82) is 0 Å². The predicted octanol–water partition coefficient (Wildman–Crippen LogP) is 8.08. The van der Waals surface area contributed by atoms with E-state index < -0.39 is 24.5 Å². The molecule has 0 heterocycles. The van der Waals surface area contributed by atoms with E-state index in [1.54, 1.807) is 10.4 Å². The van der Waals surface area contributed by atoms with Gasteiger partial charge >= 0.3 is 0 Å². The van der Waals surface area contributed by atoms with Crippen LogP contribution in [0.3, 0.4) is 0 Å². The van der Waals surface area contributed by atoms with Crippen molar-refractivity contribution in [3.8, 4) is 5.75 Å². The van der Waals surface area contributed by atoms with Gasteiger partial charge in [-0.05, 0) is 53.2 Å². The predicted molar refractivity (Wildman–Crippen MR) is 149 cm³/mol. The number of rotatable bonds is 5. The maximum Gasteiger partial charge on any atom is 0.242 e. The lowest BCUT2D eigenvalue weighted by Gasteiger charge is -2.38. The van der Waals surface area contributed by atoms with Crippen molar-refractivity contribution >= 4 is 29.7 Å². The molecule has 1 aliphatic carbocycles. The molecule has 0 aromatic heterocycles. The third-order valence-corrected chi connectivity index (χ3v) is 13.2. The molecule has 0 radical (unpaired) electrons. The van der Waals surface area contributed by atoms with Gasteiger partial charge in [-0.2, -0.15) is 0 Å². The fourth-order valence-corrected chi connectivity index (χ4v) is 12.1. The van der Waals surface area contributed by atoms with E-state index >= 15 is 0 Å². The summed E-state index contributed by atoms with van der Waals surface area (Å²) in [6, 6.07) is 4.98. The molecule has 174 valence electrons. The maximum atomic E-state index is 6.97. The van der Waals surface area contributed by atoms with Gasteiger partial charge in [0.15, 0.2) is 0 Å². The highest BCUT2D eigenvalue weighted by molar-refractivity contribution is 6.98. The first kappa shape index (κ1) is 26.4. The summed E-state index contributed by atoms with van der Waals surface area (Å²) in [4.78, 5) is 0. The van der Waals surface area contributed by atoms with Crippen molar-refractivity contribution < 1.29 is 4.43 Å². The summed E-state index contributed by atoms with van der Waals surface area (Å²) in [5.41, 5.74) is 2.98. The first-order valence-corrected chi connectivity index (χ1v) is 21.9. The molecule has 0 fully saturated rings. The van der Waals surface area contributed by atoms with Gasteiger partial charge in [-0.1, -0.05) is 109 Å². The molecule has 0 unspecified atom stereocenters. The molecule has 31 heavy (non-hydrogen) atoms. The Morgan fingerprint density at radius 3 is 1.74 bits per heavy atom. The zero-order valence-corrected chi connectivity index (χ0v) is 25.9. The fraction of sp³-hybridized carbons (Fsp3) is 0.630. The van der Waals surface area contributed by atoms with E-state index in [-0.39, 0.29) is 10.8 Å². The van der Waals surface area contributed by atoms with Crippen LogP contribution in [-0.2, 0) is 10.8 Å². The van der Waals surface area contributed by atoms with E-state index in [1.807, 2.05) is 0 Å². The third kappa shape index (κ3) is 5.94. The molecular formula is C27H48OSi3. The Morgan fingerprint density at radius 2 is 1.32 bits per heavy atom. The fourth-order valence-electron chi connectivity index (χ4n) is 4.46. The van der Waals surface area contributed by atoms with Gasteiger partial charge in [-0.25, -0.2) is 0 Å². The first-order valence-electron chi connectivity index (χ1n) is 11.9. The molecule has 1 aliphatic rings. The standard InChI is InChI=1S/C27H48OSi3/c1-26(2,3)20-18-21(27(4,5)6)25(28-30(10,11)12)24(19-20)31(13,14)23-17-15-16-22(23)29(7,8)9/h15-16,18-19H,17H2,1-14H3. The smallest absolute Gasteiger partial charge is 0.242 e. The quantitative estimate of drug-likeness (QED) is 0.393. The third-order valence-electron chi connectivity index (χ3n) is 6.34. The minimum Gasteiger partial charge on any atom is -0.544 e. The Hall–Kier alpha value is -0.849. The van der Waals surface area contributed by atoms with Crippen LogP contribution in [0.15, 0.2) is 34.7 Å². The summed E-state index contributed by atoms with van der Waals surface area (Å²) in [5, 5.41) is 4.93. The molecule has 1 nitrogen and oxygen atoms in total. The Kier molecular flexibility index (Phi) is 6.96. The molecule has 0 spiro atoms. The van der Waals surface area contributed by atoms with Crippen LogP contribution >= 0.6 is 0 Å². The van der Waals surface area contributed by atoms with Crippen LogP contribution in [0, 0.1) is 0 Å². The molecule has 1 aromatic rings. The SMILES string of the molecule is CC(C)(C)c1cc(C(C)(C)C)c(O[Si](C)(C)C)c([Si](C)(C)C2=C([Si](C)(C)C)C=CC2)c1. The average molecular weight is 473 g/mol. The van der Waals surface area contributed by atoms with E-state index in [4.69, 9.17) is 4.43 Å². The average Bonchev–Trinajstić information content (AvgIpc) is 3.01. The van der Waals surface area contributed by atoms with E-state index in [0.29, 0.717) is 0 Å². The number of hydrogen-bond donors (Lipinski definition) is 0. The molecule has 1 aromatic carbocycles. The van der Waals surface area contributed by atoms with E-state index in [2.05, 4.69) is 118 Å². The first-order chi connectivity index (χ1) is 13.7. The minimum atomic E-state index is -1.93. The molecule has 0 saturated heterocycles. The summed E-state index contributed by atoms with van der Waals surface area (Å²) >= 11 is 0. The number of allylic oxidation sites excluding steroid dienone is 4. The topological polar surface area (TPSA) is 9.23 Å². The zero-order chi connectivity index (χ0) is 24.2.